The van der Waals surface area contributed by atoms with Crippen LogP contribution in [0.4, 0.5) is 19.0 Å². The Bertz CT molecular complexity index is 1190. The molecule has 1 aromatic heterocycles. The SMILES string of the molecule is NC(=O)C12CC([C@@H]3C(=O)N(c4ncc(Cl)cc4F)CC(=O)N3Cc3ccc(C(F)F)cc3)(C1)C2. The maximum absolute atomic E-state index is 14.6. The zero-order valence-electron chi connectivity index (χ0n) is 17.8. The molecule has 2 aromatic rings. The van der Waals surface area contributed by atoms with Crippen LogP contribution in [-0.2, 0) is 20.9 Å². The molecular weight excluding hydrogens is 473 g/mol. The molecule has 3 aliphatic carbocycles. The third-order valence-corrected chi connectivity index (χ3v) is 7.43. The van der Waals surface area contributed by atoms with E-state index in [0.717, 1.165) is 11.0 Å². The van der Waals surface area contributed by atoms with Crippen molar-refractivity contribution in [2.45, 2.75) is 38.3 Å². The maximum Gasteiger partial charge on any atom is 0.263 e. The van der Waals surface area contributed by atoms with Crippen molar-refractivity contribution in [3.8, 4) is 0 Å². The molecule has 7 nitrogen and oxygen atoms in total. The Morgan fingerprint density at radius 1 is 1.21 bits per heavy atom. The molecule has 2 bridgehead atoms. The summed E-state index contributed by atoms with van der Waals surface area (Å²) in [7, 11) is 0. The van der Waals surface area contributed by atoms with Gasteiger partial charge in [-0.05, 0) is 30.9 Å². The number of aromatic nitrogens is 1. The van der Waals surface area contributed by atoms with E-state index in [-0.39, 0.29) is 22.9 Å². The monoisotopic (exact) mass is 492 g/mol. The summed E-state index contributed by atoms with van der Waals surface area (Å²) in [4.78, 5) is 45.1. The van der Waals surface area contributed by atoms with E-state index in [1.165, 1.54) is 35.4 Å². The Kier molecular flexibility index (Phi) is 5.12. The van der Waals surface area contributed by atoms with Crippen molar-refractivity contribution in [2.24, 2.45) is 16.6 Å². The van der Waals surface area contributed by atoms with E-state index >= 15 is 0 Å². The molecule has 1 atom stereocenters. The third-order valence-electron chi connectivity index (χ3n) is 7.23. The van der Waals surface area contributed by atoms with Gasteiger partial charge in [-0.1, -0.05) is 35.9 Å². The Hall–Kier alpha value is -3.14. The molecule has 2 heterocycles. The number of amides is 3. The van der Waals surface area contributed by atoms with Gasteiger partial charge in [0.15, 0.2) is 11.6 Å². The van der Waals surface area contributed by atoms with Gasteiger partial charge in [0.05, 0.1) is 10.4 Å². The van der Waals surface area contributed by atoms with Gasteiger partial charge in [-0.15, -0.1) is 0 Å². The number of nitrogens with zero attached hydrogens (tertiary/aromatic N) is 3. The number of carbonyl (C=O) groups excluding carboxylic acids is 3. The predicted molar refractivity (Wildman–Crippen MR) is 115 cm³/mol. The number of primary amides is 1. The quantitative estimate of drug-likeness (QED) is 0.669. The summed E-state index contributed by atoms with van der Waals surface area (Å²) >= 11 is 5.78. The Balaban J connectivity index is 1.48. The number of carbonyl (C=O) groups is 3. The van der Waals surface area contributed by atoms with Gasteiger partial charge in [0.2, 0.25) is 11.8 Å². The number of benzene rings is 1. The second-order valence-electron chi connectivity index (χ2n) is 9.39. The van der Waals surface area contributed by atoms with Crippen molar-refractivity contribution >= 4 is 35.1 Å². The van der Waals surface area contributed by atoms with Crippen molar-refractivity contribution in [3.05, 3.63) is 58.5 Å². The minimum atomic E-state index is -2.62. The largest absolute Gasteiger partial charge is 0.369 e. The highest BCUT2D eigenvalue weighted by Crippen LogP contribution is 2.75. The smallest absolute Gasteiger partial charge is 0.263 e. The number of alkyl halides is 2. The summed E-state index contributed by atoms with van der Waals surface area (Å²) in [5, 5.41) is 0.0466. The number of pyridine rings is 1. The van der Waals surface area contributed by atoms with Gasteiger partial charge in [0.25, 0.3) is 12.3 Å². The van der Waals surface area contributed by atoms with E-state index in [2.05, 4.69) is 4.98 Å². The molecular formula is C23H20ClF3N4O3. The molecule has 11 heteroatoms. The third kappa shape index (κ3) is 3.34. The molecule has 4 aliphatic rings. The lowest BCUT2D eigenvalue weighted by Crippen LogP contribution is -2.78. The molecule has 6 rings (SSSR count). The highest BCUT2D eigenvalue weighted by Gasteiger charge is 2.76. The van der Waals surface area contributed by atoms with Crippen LogP contribution in [0.25, 0.3) is 0 Å². The summed E-state index contributed by atoms with van der Waals surface area (Å²) in [6.45, 7) is -0.429. The minimum absolute atomic E-state index is 0.00838. The second-order valence-corrected chi connectivity index (χ2v) is 9.82. The lowest BCUT2D eigenvalue weighted by molar-refractivity contribution is -0.231. The van der Waals surface area contributed by atoms with Gasteiger partial charge < -0.3 is 10.6 Å². The number of nitrogens with two attached hydrogens (primary N) is 1. The molecule has 2 N–H and O–H groups in total. The Morgan fingerprint density at radius 3 is 2.41 bits per heavy atom. The van der Waals surface area contributed by atoms with Crippen LogP contribution in [0, 0.1) is 16.6 Å². The molecule has 1 aromatic carbocycles. The maximum atomic E-state index is 14.6. The van der Waals surface area contributed by atoms with E-state index in [9.17, 15) is 27.6 Å². The van der Waals surface area contributed by atoms with Crippen molar-refractivity contribution < 1.29 is 27.6 Å². The molecule has 1 aliphatic heterocycles. The van der Waals surface area contributed by atoms with Gasteiger partial charge in [0, 0.05) is 23.7 Å². The highest BCUT2D eigenvalue weighted by atomic mass is 35.5. The van der Waals surface area contributed by atoms with Crippen molar-refractivity contribution in [1.29, 1.82) is 0 Å². The first-order valence-electron chi connectivity index (χ1n) is 10.6. The molecule has 178 valence electrons. The van der Waals surface area contributed by atoms with Crippen LogP contribution in [0.3, 0.4) is 0 Å². The van der Waals surface area contributed by atoms with E-state index in [1.54, 1.807) is 0 Å². The lowest BCUT2D eigenvalue weighted by Gasteiger charge is -2.72. The van der Waals surface area contributed by atoms with Gasteiger partial charge >= 0.3 is 0 Å². The summed E-state index contributed by atoms with van der Waals surface area (Å²) in [6, 6.07) is 5.55. The summed E-state index contributed by atoms with van der Waals surface area (Å²) < 4.78 is 40.4. The fraction of sp³-hybridized carbons (Fsp3) is 0.391. The predicted octanol–water partition coefficient (Wildman–Crippen LogP) is 3.21. The number of rotatable bonds is 6. The van der Waals surface area contributed by atoms with Crippen LogP contribution in [0.2, 0.25) is 5.02 Å². The highest BCUT2D eigenvalue weighted by molar-refractivity contribution is 6.30. The molecule has 34 heavy (non-hydrogen) atoms. The molecule has 1 saturated heterocycles. The average molecular weight is 493 g/mol. The standard InChI is InChI=1S/C23H20ClF3N4O3/c24-14-5-15(25)19(29-6-14)31-8-16(32)30(7-12-1-3-13(4-2-12)18(26)27)17(20(31)33)22-9-23(10-22,11-22)21(28)34/h1-6,17-18H,7-11H2,(H2,28,34)/t17-,22?,23?/m0/s1. The van der Waals surface area contributed by atoms with Crippen molar-refractivity contribution in [2.75, 3.05) is 11.4 Å². The number of anilines is 1. The van der Waals surface area contributed by atoms with E-state index in [0.29, 0.717) is 24.8 Å². The summed E-state index contributed by atoms with van der Waals surface area (Å²) in [5.74, 6) is -2.55. The number of piperazine rings is 1. The number of halogens is 4. The lowest BCUT2D eigenvalue weighted by atomic mass is 9.32. The van der Waals surface area contributed by atoms with Crippen molar-refractivity contribution in [1.82, 2.24) is 9.88 Å². The topological polar surface area (TPSA) is 96.6 Å². The van der Waals surface area contributed by atoms with Crippen LogP contribution < -0.4 is 10.6 Å². The van der Waals surface area contributed by atoms with Crippen LogP contribution in [-0.4, -0.2) is 40.2 Å². The molecule has 4 fully saturated rings. The molecule has 0 spiro atoms. The van der Waals surface area contributed by atoms with Crippen LogP contribution in [0.1, 0.15) is 36.8 Å². The minimum Gasteiger partial charge on any atom is -0.369 e. The fourth-order valence-electron chi connectivity index (χ4n) is 5.67. The Labute approximate surface area is 197 Å². The van der Waals surface area contributed by atoms with Crippen LogP contribution in [0.5, 0.6) is 0 Å². The van der Waals surface area contributed by atoms with E-state index in [1.807, 2.05) is 0 Å². The zero-order valence-corrected chi connectivity index (χ0v) is 18.6. The molecule has 3 amide bonds. The van der Waals surface area contributed by atoms with Gasteiger partial charge in [-0.3, -0.25) is 19.3 Å². The first-order valence-corrected chi connectivity index (χ1v) is 11.0. The van der Waals surface area contributed by atoms with Gasteiger partial charge in [0.1, 0.15) is 12.6 Å². The van der Waals surface area contributed by atoms with Gasteiger partial charge in [-0.2, -0.15) is 0 Å². The van der Waals surface area contributed by atoms with Gasteiger partial charge in [-0.25, -0.2) is 18.2 Å². The molecule has 3 saturated carbocycles. The van der Waals surface area contributed by atoms with Crippen LogP contribution >= 0.6 is 11.6 Å². The second kappa shape index (κ2) is 7.69. The summed E-state index contributed by atoms with van der Waals surface area (Å²) in [5.41, 5.74) is 4.59. The van der Waals surface area contributed by atoms with Crippen LogP contribution in [0.15, 0.2) is 36.5 Å². The average Bonchev–Trinajstić information content (AvgIpc) is 2.71. The Morgan fingerprint density at radius 2 is 1.85 bits per heavy atom. The number of hydrogen-bond acceptors (Lipinski definition) is 4. The fourth-order valence-corrected chi connectivity index (χ4v) is 5.81. The zero-order chi connectivity index (χ0) is 24.4. The summed E-state index contributed by atoms with van der Waals surface area (Å²) in [6.07, 6.45) is -0.383. The first-order chi connectivity index (χ1) is 16.0. The van der Waals surface area contributed by atoms with Crippen molar-refractivity contribution in [3.63, 3.8) is 0 Å². The number of hydrogen-bond donors (Lipinski definition) is 1. The molecule has 0 radical (unpaired) electrons. The normalized spacial score (nSPS) is 28.1. The van der Waals surface area contributed by atoms with E-state index < -0.39 is 53.4 Å². The van der Waals surface area contributed by atoms with E-state index in [4.69, 9.17) is 17.3 Å². The molecule has 0 unspecified atom stereocenters. The first kappa shape index (κ1) is 22.6.